The minimum absolute atomic E-state index is 0.109. The molecule has 0 aromatic rings. The van der Waals surface area contributed by atoms with E-state index in [2.05, 4.69) is 9.80 Å². The Labute approximate surface area is 114 Å². The Morgan fingerprint density at radius 3 is 2.68 bits per heavy atom. The molecule has 104 valence electrons. The van der Waals surface area contributed by atoms with Crippen molar-refractivity contribution in [3.63, 3.8) is 0 Å². The molecule has 4 aliphatic heterocycles. The lowest BCUT2D eigenvalue weighted by Crippen LogP contribution is -2.66. The zero-order valence-electron chi connectivity index (χ0n) is 11.4. The molecule has 4 heteroatoms. The van der Waals surface area contributed by atoms with Crippen molar-refractivity contribution in [1.29, 1.82) is 0 Å². The highest BCUT2D eigenvalue weighted by atomic mass is 16.2. The topological polar surface area (TPSA) is 40.6 Å². The van der Waals surface area contributed by atoms with Crippen LogP contribution >= 0.6 is 0 Å². The van der Waals surface area contributed by atoms with E-state index in [-0.39, 0.29) is 12.0 Å². The predicted octanol–water partition coefficient (Wildman–Crippen LogP) is 1.40. The summed E-state index contributed by atoms with van der Waals surface area (Å²) in [7, 11) is 0. The monoisotopic (exact) mass is 262 g/mol. The van der Waals surface area contributed by atoms with Crippen molar-refractivity contribution in [2.45, 2.75) is 57.0 Å². The van der Waals surface area contributed by atoms with Gasteiger partial charge in [-0.2, -0.15) is 0 Å². The fourth-order valence-electron chi connectivity index (χ4n) is 4.89. The van der Waals surface area contributed by atoms with Crippen LogP contribution in [0, 0.1) is 11.8 Å². The van der Waals surface area contributed by atoms with Crippen molar-refractivity contribution in [2.75, 3.05) is 13.1 Å². The first-order chi connectivity index (χ1) is 9.25. The van der Waals surface area contributed by atoms with E-state index in [0.29, 0.717) is 30.2 Å². The van der Waals surface area contributed by atoms with E-state index >= 15 is 0 Å². The summed E-state index contributed by atoms with van der Waals surface area (Å²) in [6.07, 6.45) is 7.29. The maximum absolute atomic E-state index is 12.7. The molecule has 4 rings (SSSR count). The molecule has 4 atom stereocenters. The van der Waals surface area contributed by atoms with Gasteiger partial charge in [0.1, 0.15) is 0 Å². The summed E-state index contributed by atoms with van der Waals surface area (Å²) in [5, 5.41) is 0. The molecular weight excluding hydrogens is 240 g/mol. The molecule has 0 saturated carbocycles. The molecular formula is C15H22N2O2. The van der Waals surface area contributed by atoms with Gasteiger partial charge in [-0.3, -0.25) is 9.59 Å². The van der Waals surface area contributed by atoms with E-state index in [1.54, 1.807) is 0 Å². The lowest BCUT2D eigenvalue weighted by molar-refractivity contribution is -0.164. The molecule has 4 saturated heterocycles. The van der Waals surface area contributed by atoms with Gasteiger partial charge in [-0.1, -0.05) is 0 Å². The number of fused-ring (bicyclic) bond motifs is 6. The second-order valence-electron chi connectivity index (χ2n) is 6.70. The predicted molar refractivity (Wildman–Crippen MR) is 70.3 cm³/mol. The number of amides is 2. The van der Waals surface area contributed by atoms with Crippen LogP contribution in [0.1, 0.15) is 44.9 Å². The second kappa shape index (κ2) is 4.22. The van der Waals surface area contributed by atoms with E-state index in [4.69, 9.17) is 0 Å². The molecule has 4 aliphatic rings. The number of carbonyl (C=O) groups excluding carboxylic acids is 2. The molecule has 0 aromatic carbocycles. The van der Waals surface area contributed by atoms with Gasteiger partial charge in [0.25, 0.3) is 0 Å². The van der Waals surface area contributed by atoms with Crippen LogP contribution in [-0.2, 0) is 9.59 Å². The van der Waals surface area contributed by atoms with Crippen molar-refractivity contribution in [2.24, 2.45) is 11.8 Å². The van der Waals surface area contributed by atoms with Crippen molar-refractivity contribution >= 4 is 11.8 Å². The number of nitrogens with zero attached hydrogens (tertiary/aromatic N) is 2. The highest BCUT2D eigenvalue weighted by Crippen LogP contribution is 2.43. The number of rotatable bonds is 0. The molecule has 4 fully saturated rings. The fourth-order valence-corrected chi connectivity index (χ4v) is 4.89. The van der Waals surface area contributed by atoms with Gasteiger partial charge in [0.15, 0.2) is 0 Å². The van der Waals surface area contributed by atoms with Crippen LogP contribution in [0.25, 0.3) is 0 Å². The third-order valence-electron chi connectivity index (χ3n) is 5.76. The highest BCUT2D eigenvalue weighted by molar-refractivity contribution is 5.84. The molecule has 2 amide bonds. The maximum Gasteiger partial charge on any atom is 0.228 e. The van der Waals surface area contributed by atoms with Crippen LogP contribution in [0.4, 0.5) is 0 Å². The lowest BCUT2D eigenvalue weighted by Gasteiger charge is -2.56. The Balaban J connectivity index is 1.66. The van der Waals surface area contributed by atoms with Gasteiger partial charge in [0.05, 0.1) is 5.92 Å². The van der Waals surface area contributed by atoms with Gasteiger partial charge in [-0.15, -0.1) is 0 Å². The van der Waals surface area contributed by atoms with Crippen LogP contribution in [0.3, 0.4) is 0 Å². The van der Waals surface area contributed by atoms with Gasteiger partial charge in [-0.05, 0) is 44.4 Å². The molecule has 0 aromatic heterocycles. The third-order valence-corrected chi connectivity index (χ3v) is 5.76. The smallest absolute Gasteiger partial charge is 0.228 e. The Bertz CT molecular complexity index is 422. The van der Waals surface area contributed by atoms with Crippen LogP contribution in [0.2, 0.25) is 0 Å². The fraction of sp³-hybridized carbons (Fsp3) is 0.867. The van der Waals surface area contributed by atoms with E-state index in [0.717, 1.165) is 45.2 Å². The summed E-state index contributed by atoms with van der Waals surface area (Å²) in [5.74, 6) is 1.30. The summed E-state index contributed by atoms with van der Waals surface area (Å²) in [5.41, 5.74) is 0. The van der Waals surface area contributed by atoms with Crippen molar-refractivity contribution in [1.82, 2.24) is 9.80 Å². The van der Waals surface area contributed by atoms with Crippen molar-refractivity contribution < 1.29 is 9.59 Å². The SMILES string of the molecule is O=C1CCC[C@@H]2[C@@H]3C[C@H](CN12)[C@@H]1CCCCN1C3=O. The van der Waals surface area contributed by atoms with E-state index < -0.39 is 0 Å². The molecule has 19 heavy (non-hydrogen) atoms. The summed E-state index contributed by atoms with van der Waals surface area (Å²) in [6.45, 7) is 1.87. The Morgan fingerprint density at radius 1 is 0.947 bits per heavy atom. The van der Waals surface area contributed by atoms with Crippen LogP contribution in [-0.4, -0.2) is 46.8 Å². The minimum Gasteiger partial charge on any atom is -0.339 e. The lowest BCUT2D eigenvalue weighted by atomic mass is 9.70. The van der Waals surface area contributed by atoms with Gasteiger partial charge in [0, 0.05) is 31.6 Å². The zero-order chi connectivity index (χ0) is 13.0. The largest absolute Gasteiger partial charge is 0.339 e. The minimum atomic E-state index is 0.109. The number of carbonyl (C=O) groups is 2. The number of hydrogen-bond acceptors (Lipinski definition) is 2. The van der Waals surface area contributed by atoms with Gasteiger partial charge in [-0.25, -0.2) is 0 Å². The van der Waals surface area contributed by atoms with Gasteiger partial charge in [0.2, 0.25) is 11.8 Å². The van der Waals surface area contributed by atoms with Crippen LogP contribution in [0.5, 0.6) is 0 Å². The highest BCUT2D eigenvalue weighted by Gasteiger charge is 2.52. The normalized spacial score (nSPS) is 41.9. The molecule has 0 N–H and O–H groups in total. The van der Waals surface area contributed by atoms with Crippen LogP contribution < -0.4 is 0 Å². The first kappa shape index (κ1) is 11.7. The number of hydrogen-bond donors (Lipinski definition) is 0. The van der Waals surface area contributed by atoms with E-state index in [1.165, 1.54) is 6.42 Å². The quantitative estimate of drug-likeness (QED) is 0.662. The van der Waals surface area contributed by atoms with Gasteiger partial charge >= 0.3 is 0 Å². The van der Waals surface area contributed by atoms with Gasteiger partial charge < -0.3 is 9.80 Å². The first-order valence-corrected chi connectivity index (χ1v) is 7.85. The standard InChI is InChI=1S/C15H22N2O2/c18-14-6-3-5-13-11-8-10(9-17(13)14)12-4-1-2-7-16(12)15(11)19/h10-13H,1-9H2/t10-,11+,12+,13-/m1/s1. The average molecular weight is 262 g/mol. The molecule has 2 bridgehead atoms. The molecule has 0 unspecified atom stereocenters. The maximum atomic E-state index is 12.7. The van der Waals surface area contributed by atoms with Crippen molar-refractivity contribution in [3.8, 4) is 0 Å². The Hall–Kier alpha value is -1.06. The molecule has 0 spiro atoms. The summed E-state index contributed by atoms with van der Waals surface area (Å²) < 4.78 is 0. The molecule has 4 nitrogen and oxygen atoms in total. The second-order valence-corrected chi connectivity index (χ2v) is 6.70. The first-order valence-electron chi connectivity index (χ1n) is 7.85. The van der Waals surface area contributed by atoms with E-state index in [9.17, 15) is 9.59 Å². The average Bonchev–Trinajstić information content (AvgIpc) is 2.45. The third kappa shape index (κ3) is 1.65. The Kier molecular flexibility index (Phi) is 2.61. The van der Waals surface area contributed by atoms with Crippen LogP contribution in [0.15, 0.2) is 0 Å². The number of piperidine rings is 4. The molecule has 4 heterocycles. The van der Waals surface area contributed by atoms with E-state index in [1.807, 2.05) is 0 Å². The zero-order valence-corrected chi connectivity index (χ0v) is 11.4. The summed E-state index contributed by atoms with van der Waals surface area (Å²) in [4.78, 5) is 29.1. The molecule has 0 radical (unpaired) electrons. The van der Waals surface area contributed by atoms with Crippen molar-refractivity contribution in [3.05, 3.63) is 0 Å². The Morgan fingerprint density at radius 2 is 1.79 bits per heavy atom. The molecule has 0 aliphatic carbocycles. The summed E-state index contributed by atoms with van der Waals surface area (Å²) in [6, 6.07) is 0.640. The summed E-state index contributed by atoms with van der Waals surface area (Å²) >= 11 is 0.